The predicted molar refractivity (Wildman–Crippen MR) is 164 cm³/mol. The number of hydrogen-bond acceptors (Lipinski definition) is 8. The summed E-state index contributed by atoms with van der Waals surface area (Å²) in [5, 5.41) is 11.2. The first-order valence-corrected chi connectivity index (χ1v) is 15.8. The van der Waals surface area contributed by atoms with Crippen LogP contribution in [0.25, 0.3) is 22.2 Å². The van der Waals surface area contributed by atoms with Crippen LogP contribution in [0.2, 0.25) is 0 Å². The number of nitriles is 1. The number of thiazole rings is 1. The first-order chi connectivity index (χ1) is 21.3. The molecule has 8 rings (SSSR count). The number of hydrogen-bond donors (Lipinski definition) is 0. The monoisotopic (exact) mass is 612 g/mol. The van der Waals surface area contributed by atoms with Crippen molar-refractivity contribution in [3.05, 3.63) is 64.2 Å². The van der Waals surface area contributed by atoms with Gasteiger partial charge in [0.25, 0.3) is 0 Å². The molecule has 1 aliphatic carbocycles. The van der Waals surface area contributed by atoms with Gasteiger partial charge in [-0.2, -0.15) is 5.26 Å². The number of pyridine rings is 1. The third kappa shape index (κ3) is 4.34. The van der Waals surface area contributed by atoms with Gasteiger partial charge < -0.3 is 19.4 Å². The normalized spacial score (nSPS) is 20.0. The van der Waals surface area contributed by atoms with Crippen LogP contribution in [0.5, 0.6) is 0 Å². The molecule has 2 aromatic heterocycles. The highest BCUT2D eigenvalue weighted by Gasteiger charge is 2.54. The van der Waals surface area contributed by atoms with Crippen LogP contribution in [0.3, 0.4) is 0 Å². The molecule has 3 aliphatic heterocycles. The molecule has 0 saturated carbocycles. The van der Waals surface area contributed by atoms with E-state index < -0.39 is 0 Å². The Morgan fingerprint density at radius 2 is 1.93 bits per heavy atom. The SMILES string of the molecule is CN(c1nc(-c2ccc(F)cc2)c(C#N)s1)c1c2c(nc3c(F)cc(N4CC5(CN(C(=O)[C@@H]6CCOC6)C5)C4)cc13)CCC2. The van der Waals surface area contributed by atoms with E-state index >= 15 is 4.39 Å². The van der Waals surface area contributed by atoms with E-state index in [1.54, 1.807) is 18.2 Å². The molecule has 1 atom stereocenters. The Labute approximate surface area is 257 Å². The lowest BCUT2D eigenvalue weighted by atomic mass is 9.72. The van der Waals surface area contributed by atoms with Crippen LogP contribution in [0, 0.1) is 34.3 Å². The zero-order valence-electron chi connectivity index (χ0n) is 24.3. The number of likely N-dealkylation sites (tertiary alicyclic amines) is 1. The summed E-state index contributed by atoms with van der Waals surface area (Å²) in [6, 6.07) is 11.8. The van der Waals surface area contributed by atoms with E-state index in [0.717, 1.165) is 74.5 Å². The molecule has 2 aromatic carbocycles. The highest BCUT2D eigenvalue weighted by Crippen LogP contribution is 2.46. The topological polar surface area (TPSA) is 85.6 Å². The van der Waals surface area contributed by atoms with Crippen molar-refractivity contribution < 1.29 is 18.3 Å². The first-order valence-electron chi connectivity index (χ1n) is 15.0. The predicted octanol–water partition coefficient (Wildman–Crippen LogP) is 5.45. The molecule has 4 aliphatic rings. The zero-order chi connectivity index (χ0) is 30.2. The standard InChI is InChI=1S/C33H30F2N6O2S/c1-39(32-38-28(27(13-36)44-32)19-5-7-21(34)8-6-19)30-23-3-2-4-26(23)37-29-24(30)11-22(12-25(29)35)40-15-33(16-40)17-41(18-33)31(42)20-9-10-43-14-20/h5-8,11-12,20H,2-4,9-10,14-18H2,1H3/t20-/m1/s1. The van der Waals surface area contributed by atoms with Gasteiger partial charge in [-0.1, -0.05) is 11.3 Å². The summed E-state index contributed by atoms with van der Waals surface area (Å²) in [7, 11) is 1.90. The smallest absolute Gasteiger partial charge is 0.228 e. The van der Waals surface area contributed by atoms with E-state index in [-0.39, 0.29) is 28.9 Å². The largest absolute Gasteiger partial charge is 0.381 e. The molecule has 224 valence electrons. The van der Waals surface area contributed by atoms with Crippen LogP contribution >= 0.6 is 11.3 Å². The van der Waals surface area contributed by atoms with Gasteiger partial charge in [-0.05, 0) is 67.6 Å². The van der Waals surface area contributed by atoms with Crippen molar-refractivity contribution in [3.8, 4) is 17.3 Å². The van der Waals surface area contributed by atoms with Gasteiger partial charge in [-0.15, -0.1) is 0 Å². The molecule has 5 heterocycles. The molecule has 44 heavy (non-hydrogen) atoms. The average molecular weight is 613 g/mol. The Morgan fingerprint density at radius 1 is 1.14 bits per heavy atom. The Balaban J connectivity index is 1.11. The highest BCUT2D eigenvalue weighted by atomic mass is 32.1. The third-order valence-electron chi connectivity index (χ3n) is 9.54. The lowest BCUT2D eigenvalue weighted by Gasteiger charge is -2.61. The molecule has 3 fully saturated rings. The lowest BCUT2D eigenvalue weighted by Crippen LogP contribution is -2.73. The maximum Gasteiger partial charge on any atom is 0.228 e. The Hall–Kier alpha value is -4.14. The number of aromatic nitrogens is 2. The van der Waals surface area contributed by atoms with Crippen LogP contribution in [0.15, 0.2) is 36.4 Å². The first kappa shape index (κ1) is 27.4. The molecule has 0 N–H and O–H groups in total. The maximum atomic E-state index is 15.8. The van der Waals surface area contributed by atoms with E-state index in [1.807, 2.05) is 22.9 Å². The number of carbonyl (C=O) groups excluding carboxylic acids is 1. The van der Waals surface area contributed by atoms with Gasteiger partial charge in [0.05, 0.1) is 18.2 Å². The summed E-state index contributed by atoms with van der Waals surface area (Å²) in [6.07, 6.45) is 3.35. The van der Waals surface area contributed by atoms with Gasteiger partial charge in [-0.25, -0.2) is 18.7 Å². The van der Waals surface area contributed by atoms with Crippen molar-refractivity contribution in [2.24, 2.45) is 11.3 Å². The van der Waals surface area contributed by atoms with Gasteiger partial charge >= 0.3 is 0 Å². The van der Waals surface area contributed by atoms with Crippen molar-refractivity contribution in [2.75, 3.05) is 56.2 Å². The molecule has 0 radical (unpaired) electrons. The van der Waals surface area contributed by atoms with E-state index in [2.05, 4.69) is 11.0 Å². The maximum absolute atomic E-state index is 15.8. The minimum absolute atomic E-state index is 0.0170. The molecule has 3 saturated heterocycles. The second-order valence-electron chi connectivity index (χ2n) is 12.5. The number of aryl methyl sites for hydroxylation is 1. The summed E-state index contributed by atoms with van der Waals surface area (Å²) >= 11 is 1.26. The van der Waals surface area contributed by atoms with Crippen LogP contribution in [-0.4, -0.2) is 67.2 Å². The summed E-state index contributed by atoms with van der Waals surface area (Å²) < 4.78 is 34.8. The van der Waals surface area contributed by atoms with E-state index in [1.165, 1.54) is 23.5 Å². The van der Waals surface area contributed by atoms with Crippen LogP contribution in [-0.2, 0) is 22.4 Å². The average Bonchev–Trinajstić information content (AvgIpc) is 3.76. The minimum atomic E-state index is -0.363. The van der Waals surface area contributed by atoms with Crippen LogP contribution in [0.1, 0.15) is 29.0 Å². The summed E-state index contributed by atoms with van der Waals surface area (Å²) in [6.45, 7) is 4.19. The van der Waals surface area contributed by atoms with E-state index in [4.69, 9.17) is 14.7 Å². The Morgan fingerprint density at radius 3 is 2.66 bits per heavy atom. The second kappa shape index (κ2) is 10.2. The van der Waals surface area contributed by atoms with Crippen molar-refractivity contribution >= 4 is 44.7 Å². The quantitative estimate of drug-likeness (QED) is 0.296. The molecular formula is C33H30F2N6O2S. The number of amides is 1. The van der Waals surface area contributed by atoms with Gasteiger partial charge in [0.15, 0.2) is 10.9 Å². The van der Waals surface area contributed by atoms with Crippen molar-refractivity contribution in [3.63, 3.8) is 0 Å². The van der Waals surface area contributed by atoms with Crippen LogP contribution in [0.4, 0.5) is 25.3 Å². The summed E-state index contributed by atoms with van der Waals surface area (Å²) in [4.78, 5) is 28.9. The molecule has 0 unspecified atom stereocenters. The minimum Gasteiger partial charge on any atom is -0.381 e. The fourth-order valence-electron chi connectivity index (χ4n) is 7.33. The number of benzene rings is 2. The van der Waals surface area contributed by atoms with Crippen molar-refractivity contribution in [1.82, 2.24) is 14.9 Å². The van der Waals surface area contributed by atoms with Gasteiger partial charge in [-0.3, -0.25) is 4.79 Å². The summed E-state index contributed by atoms with van der Waals surface area (Å²) in [5.74, 6) is -0.540. The number of ether oxygens (including phenoxy) is 1. The van der Waals surface area contributed by atoms with Gasteiger partial charge in [0.2, 0.25) is 5.91 Å². The van der Waals surface area contributed by atoms with Crippen molar-refractivity contribution in [2.45, 2.75) is 25.7 Å². The lowest BCUT2D eigenvalue weighted by molar-refractivity contribution is -0.149. The highest BCUT2D eigenvalue weighted by molar-refractivity contribution is 7.16. The molecule has 0 bridgehead atoms. The number of halogens is 2. The molecule has 1 spiro atoms. The van der Waals surface area contributed by atoms with E-state index in [9.17, 15) is 14.4 Å². The number of anilines is 3. The van der Waals surface area contributed by atoms with Gasteiger partial charge in [0, 0.05) is 67.6 Å². The number of fused-ring (bicyclic) bond motifs is 2. The Bertz CT molecular complexity index is 1850. The van der Waals surface area contributed by atoms with Crippen LogP contribution < -0.4 is 9.80 Å². The molecule has 1 amide bonds. The Kier molecular flexibility index (Phi) is 6.36. The third-order valence-corrected chi connectivity index (χ3v) is 10.6. The number of rotatable bonds is 5. The zero-order valence-corrected chi connectivity index (χ0v) is 25.1. The van der Waals surface area contributed by atoms with Gasteiger partial charge in [0.1, 0.15) is 28.0 Å². The molecule has 11 heteroatoms. The fourth-order valence-corrected chi connectivity index (χ4v) is 8.18. The molecular weight excluding hydrogens is 582 g/mol. The number of carbonyl (C=O) groups is 1. The number of nitrogens with zero attached hydrogens (tertiary/aromatic N) is 6. The summed E-state index contributed by atoms with van der Waals surface area (Å²) in [5.41, 5.74) is 5.20. The second-order valence-corrected chi connectivity index (χ2v) is 13.5. The van der Waals surface area contributed by atoms with E-state index in [0.29, 0.717) is 45.4 Å². The molecule has 4 aromatic rings. The van der Waals surface area contributed by atoms with Crippen molar-refractivity contribution in [1.29, 1.82) is 5.26 Å². The fraction of sp³-hybridized carbons (Fsp3) is 0.394. The molecule has 8 nitrogen and oxygen atoms in total.